The fraction of sp³-hybridized carbons (Fsp3) is 0.281. The summed E-state index contributed by atoms with van der Waals surface area (Å²) in [5.41, 5.74) is 5.08. The van der Waals surface area contributed by atoms with E-state index >= 15 is 0 Å². The molecule has 9 nitrogen and oxygen atoms in total. The van der Waals surface area contributed by atoms with Crippen LogP contribution in [0.25, 0.3) is 22.4 Å². The lowest BCUT2D eigenvalue weighted by atomic mass is 10.0. The lowest BCUT2D eigenvalue weighted by Crippen LogP contribution is -2.24. The van der Waals surface area contributed by atoms with E-state index in [2.05, 4.69) is 25.9 Å². The Morgan fingerprint density at radius 1 is 0.907 bits per heavy atom. The molecule has 11 heteroatoms. The zero-order valence-electron chi connectivity index (χ0n) is 24.2. The number of ether oxygens (including phenoxy) is 1. The van der Waals surface area contributed by atoms with Crippen LogP contribution in [-0.4, -0.2) is 58.5 Å². The molecule has 0 spiro atoms. The maximum atomic E-state index is 13.0. The molecule has 1 amide bonds. The molecule has 0 fully saturated rings. The molecule has 0 unspecified atom stereocenters. The van der Waals surface area contributed by atoms with Gasteiger partial charge in [0, 0.05) is 60.8 Å². The fourth-order valence-electron chi connectivity index (χ4n) is 4.42. The highest BCUT2D eigenvalue weighted by atomic mass is 35.5. The van der Waals surface area contributed by atoms with Gasteiger partial charge in [0.1, 0.15) is 11.4 Å². The van der Waals surface area contributed by atoms with E-state index in [1.807, 2.05) is 24.3 Å². The molecule has 2 heterocycles. The largest absolute Gasteiger partial charge is 0.496 e. The molecule has 4 aromatic rings. The van der Waals surface area contributed by atoms with Crippen molar-refractivity contribution < 1.29 is 19.7 Å². The predicted octanol–water partition coefficient (Wildman–Crippen LogP) is 5.32. The highest BCUT2D eigenvalue weighted by Crippen LogP contribution is 2.41. The summed E-state index contributed by atoms with van der Waals surface area (Å²) < 4.78 is 5.61. The first-order valence-corrected chi connectivity index (χ1v) is 14.6. The van der Waals surface area contributed by atoms with E-state index in [1.54, 1.807) is 63.7 Å². The number of rotatable bonds is 13. The van der Waals surface area contributed by atoms with Crippen LogP contribution < -0.4 is 20.7 Å². The lowest BCUT2D eigenvalue weighted by molar-refractivity contribution is 0.102. The number of carbonyl (C=O) groups excluding carboxylic acids is 1. The average Bonchev–Trinajstić information content (AvgIpc) is 2.98. The van der Waals surface area contributed by atoms with Crippen LogP contribution in [0.3, 0.4) is 0 Å². The lowest BCUT2D eigenvalue weighted by Gasteiger charge is -2.15. The number of pyridine rings is 2. The molecule has 4 rings (SSSR count). The van der Waals surface area contributed by atoms with Crippen molar-refractivity contribution in [1.29, 1.82) is 0 Å². The Kier molecular flexibility index (Phi) is 11.5. The highest BCUT2D eigenvalue weighted by molar-refractivity contribution is 6.39. The zero-order valence-corrected chi connectivity index (χ0v) is 25.7. The van der Waals surface area contributed by atoms with Crippen LogP contribution in [0, 0.1) is 0 Å². The van der Waals surface area contributed by atoms with Gasteiger partial charge >= 0.3 is 0 Å². The number of hydrogen-bond donors (Lipinski definition) is 5. The van der Waals surface area contributed by atoms with E-state index in [0.717, 1.165) is 16.7 Å². The molecular weight excluding hydrogens is 589 g/mol. The summed E-state index contributed by atoms with van der Waals surface area (Å²) in [5.74, 6) is 0.262. The first-order chi connectivity index (χ1) is 20.7. The Hall–Kier alpha value is -3.57. The summed E-state index contributed by atoms with van der Waals surface area (Å²) in [5, 5.41) is 28.8. The number of aromatic nitrogens is 2. The Balaban J connectivity index is 1.54. The minimum atomic E-state index is -0.451. The number of nitrogens with one attached hydrogen (secondary N) is 3. The third-order valence-electron chi connectivity index (χ3n) is 6.57. The number of aliphatic hydroxyl groups is 2. The van der Waals surface area contributed by atoms with Crippen molar-refractivity contribution in [3.05, 3.63) is 93.9 Å². The fourth-order valence-corrected chi connectivity index (χ4v) is 5.02. The zero-order chi connectivity index (χ0) is 30.9. The van der Waals surface area contributed by atoms with E-state index in [0.29, 0.717) is 64.5 Å². The Morgan fingerprint density at radius 3 is 2.30 bits per heavy atom. The van der Waals surface area contributed by atoms with Gasteiger partial charge in [-0.1, -0.05) is 53.5 Å². The van der Waals surface area contributed by atoms with Crippen molar-refractivity contribution in [2.24, 2.45) is 0 Å². The normalized spacial score (nSPS) is 12.5. The Labute approximate surface area is 261 Å². The maximum Gasteiger partial charge on any atom is 0.274 e. The van der Waals surface area contributed by atoms with Crippen molar-refractivity contribution in [1.82, 2.24) is 20.6 Å². The van der Waals surface area contributed by atoms with E-state index in [9.17, 15) is 15.0 Å². The second-order valence-corrected chi connectivity index (χ2v) is 10.9. The predicted molar refractivity (Wildman–Crippen MR) is 171 cm³/mol. The molecule has 43 heavy (non-hydrogen) atoms. The number of amides is 1. The van der Waals surface area contributed by atoms with E-state index in [4.69, 9.17) is 27.9 Å². The van der Waals surface area contributed by atoms with Crippen molar-refractivity contribution in [3.63, 3.8) is 0 Å². The number of aliphatic hydroxyl groups excluding tert-OH is 2. The van der Waals surface area contributed by atoms with Gasteiger partial charge in [-0.25, -0.2) is 0 Å². The monoisotopic (exact) mass is 623 g/mol. The number of benzene rings is 2. The summed E-state index contributed by atoms with van der Waals surface area (Å²) in [6.07, 6.45) is 2.38. The van der Waals surface area contributed by atoms with Gasteiger partial charge in [0.25, 0.3) is 5.91 Å². The summed E-state index contributed by atoms with van der Waals surface area (Å²) in [7, 11) is 1.60. The molecule has 2 aromatic heterocycles. The number of carbonyl (C=O) groups is 1. The molecular formula is C32H35Cl2N5O4. The van der Waals surface area contributed by atoms with Gasteiger partial charge in [0.05, 0.1) is 40.7 Å². The van der Waals surface area contributed by atoms with Gasteiger partial charge in [-0.15, -0.1) is 0 Å². The standard InChI is InChI=1S/C32H35Cl2N5O4/c1-19(40)14-35-16-21-7-10-27(38-17-21)32(42)39-26-6-4-5-24(29(26)33)25-11-12-37-31(30(25)34)22-8-9-23(28(13-22)43-3)18-36-15-20(2)41/h4-13,17,19-20,35-36,40-41H,14-16,18H2,1-3H3,(H,39,42)/t19-,20+/m0/s1. The van der Waals surface area contributed by atoms with Gasteiger partial charge in [0.15, 0.2) is 0 Å². The van der Waals surface area contributed by atoms with Crippen molar-refractivity contribution >= 4 is 34.8 Å². The first kappa shape index (κ1) is 32.3. The second-order valence-electron chi connectivity index (χ2n) is 10.2. The molecule has 0 radical (unpaired) electrons. The summed E-state index contributed by atoms with van der Waals surface area (Å²) in [4.78, 5) is 21.8. The molecule has 2 aromatic carbocycles. The molecule has 0 aliphatic heterocycles. The van der Waals surface area contributed by atoms with Crippen molar-refractivity contribution in [2.45, 2.75) is 39.1 Å². The van der Waals surface area contributed by atoms with E-state index in [1.165, 1.54) is 0 Å². The van der Waals surface area contributed by atoms with Crippen LogP contribution >= 0.6 is 23.2 Å². The smallest absolute Gasteiger partial charge is 0.274 e. The van der Waals surface area contributed by atoms with Crippen LogP contribution in [0.15, 0.2) is 67.0 Å². The molecule has 0 saturated heterocycles. The topological polar surface area (TPSA) is 129 Å². The molecule has 0 bridgehead atoms. The number of methoxy groups -OCH3 is 1. The first-order valence-electron chi connectivity index (χ1n) is 13.8. The third kappa shape index (κ3) is 8.51. The third-order valence-corrected chi connectivity index (χ3v) is 7.36. The van der Waals surface area contributed by atoms with Gasteiger partial charge in [-0.2, -0.15) is 0 Å². The average molecular weight is 625 g/mol. The van der Waals surface area contributed by atoms with Crippen molar-refractivity contribution in [3.8, 4) is 28.1 Å². The van der Waals surface area contributed by atoms with Gasteiger partial charge in [-0.3, -0.25) is 14.8 Å². The Morgan fingerprint density at radius 2 is 1.63 bits per heavy atom. The summed E-state index contributed by atoms with van der Waals surface area (Å²) >= 11 is 13.7. The Bertz CT molecular complexity index is 1550. The molecule has 0 saturated carbocycles. The van der Waals surface area contributed by atoms with E-state index < -0.39 is 18.1 Å². The van der Waals surface area contributed by atoms with Gasteiger partial charge in [0.2, 0.25) is 0 Å². The van der Waals surface area contributed by atoms with Crippen LogP contribution in [0.1, 0.15) is 35.5 Å². The number of nitrogens with zero attached hydrogens (tertiary/aromatic N) is 2. The minimum Gasteiger partial charge on any atom is -0.496 e. The summed E-state index contributed by atoms with van der Waals surface area (Å²) in [6, 6.07) is 16.3. The van der Waals surface area contributed by atoms with E-state index in [-0.39, 0.29) is 5.69 Å². The maximum absolute atomic E-state index is 13.0. The summed E-state index contributed by atoms with van der Waals surface area (Å²) in [6.45, 7) is 5.42. The quantitative estimate of drug-likeness (QED) is 0.135. The number of halogens is 2. The van der Waals surface area contributed by atoms with Crippen LogP contribution in [0.4, 0.5) is 5.69 Å². The minimum absolute atomic E-state index is 0.239. The van der Waals surface area contributed by atoms with Crippen LogP contribution in [0.5, 0.6) is 5.75 Å². The number of anilines is 1. The van der Waals surface area contributed by atoms with Crippen molar-refractivity contribution in [2.75, 3.05) is 25.5 Å². The molecule has 0 aliphatic rings. The molecule has 2 atom stereocenters. The highest BCUT2D eigenvalue weighted by Gasteiger charge is 2.18. The SMILES string of the molecule is COc1cc(-c2nccc(-c3cccc(NC(=O)c4ccc(CNC[C@H](C)O)cn4)c3Cl)c2Cl)ccc1CNC[C@@H](C)O. The molecule has 226 valence electrons. The molecule has 0 aliphatic carbocycles. The molecule has 5 N–H and O–H groups in total. The number of hydrogen-bond acceptors (Lipinski definition) is 8. The van der Waals surface area contributed by atoms with Gasteiger partial charge < -0.3 is 30.9 Å². The van der Waals surface area contributed by atoms with Gasteiger partial charge in [-0.05, 0) is 43.7 Å². The second kappa shape index (κ2) is 15.2. The van der Waals surface area contributed by atoms with Crippen LogP contribution in [0.2, 0.25) is 10.0 Å². The van der Waals surface area contributed by atoms with Crippen LogP contribution in [-0.2, 0) is 13.1 Å².